The van der Waals surface area contributed by atoms with Crippen molar-refractivity contribution in [1.82, 2.24) is 5.32 Å². The Bertz CT molecular complexity index is 986. The smallest absolute Gasteiger partial charge is 0.322 e. The zero-order valence-corrected chi connectivity index (χ0v) is 29.6. The summed E-state index contributed by atoms with van der Waals surface area (Å²) in [6.07, 6.45) is 48.7. The molecule has 0 saturated heterocycles. The quantitative estimate of drug-likeness (QED) is 0.0442. The monoisotopic (exact) mass is 651 g/mol. The number of hydrogen-bond acceptors (Lipinski definition) is 4. The van der Waals surface area contributed by atoms with E-state index in [1.807, 2.05) is 18.2 Å². The Balaban J connectivity index is 4.43. The fourth-order valence-electron chi connectivity index (χ4n) is 4.65. The van der Waals surface area contributed by atoms with Crippen LogP contribution in [-0.4, -0.2) is 35.6 Å². The highest BCUT2D eigenvalue weighted by molar-refractivity contribution is 5.80. The Kier molecular flexibility index (Phi) is 32.9. The van der Waals surface area contributed by atoms with Crippen LogP contribution in [0.25, 0.3) is 0 Å². The van der Waals surface area contributed by atoms with Crippen molar-refractivity contribution in [3.05, 3.63) is 85.1 Å². The molecule has 0 aliphatic rings. The Morgan fingerprint density at radius 1 is 0.617 bits per heavy atom. The fourth-order valence-corrected chi connectivity index (χ4v) is 4.65. The van der Waals surface area contributed by atoms with Gasteiger partial charge in [0.25, 0.3) is 0 Å². The van der Waals surface area contributed by atoms with E-state index in [0.29, 0.717) is 6.42 Å². The standard InChI is InChI=1S/C41H65NO5/c1-3-5-7-9-11-13-14-15-16-17-18-20-22-28-32-36-41(46)47-38(33-29-25-21-19-12-10-8-6-4-2)34-30-26-23-24-27-31-35-39(43)42-37-40(44)45/h5,7,11,13,15-16,18-21,28-29,32-33,38H,3-4,6,8-10,12,14,17,22-27,30-31,34-37H2,1-2H3,(H,42,43)(H,44,45)/b7-5-,13-11-,16-15-,20-18-,21-19-,32-28-,33-29-. The minimum absolute atomic E-state index is 0.200. The lowest BCUT2D eigenvalue weighted by Crippen LogP contribution is -2.28. The second-order valence-corrected chi connectivity index (χ2v) is 11.8. The second kappa shape index (κ2) is 35.4. The van der Waals surface area contributed by atoms with E-state index in [4.69, 9.17) is 9.84 Å². The van der Waals surface area contributed by atoms with Gasteiger partial charge in [-0.05, 0) is 76.7 Å². The van der Waals surface area contributed by atoms with Crippen molar-refractivity contribution in [3.8, 4) is 0 Å². The number of rotatable bonds is 31. The molecule has 1 amide bonds. The first-order valence-electron chi connectivity index (χ1n) is 18.2. The van der Waals surface area contributed by atoms with Gasteiger partial charge in [0.05, 0.1) is 6.42 Å². The third-order valence-electron chi connectivity index (χ3n) is 7.32. The zero-order valence-electron chi connectivity index (χ0n) is 29.6. The number of unbranched alkanes of at least 4 members (excludes halogenated alkanes) is 9. The van der Waals surface area contributed by atoms with E-state index in [2.05, 4.69) is 86.0 Å². The summed E-state index contributed by atoms with van der Waals surface area (Å²) in [6.45, 7) is 4.05. The fraction of sp³-hybridized carbons (Fsp3) is 0.585. The summed E-state index contributed by atoms with van der Waals surface area (Å²) < 4.78 is 5.83. The SMILES string of the molecule is CC/C=C\C/C=C\C/C=C\C/C=C\C/C=C\CC(=O)OC(/C=C\C/C=C\CCCCCC)CCCCCCCCC(=O)NCC(=O)O. The van der Waals surface area contributed by atoms with Crippen molar-refractivity contribution in [2.45, 2.75) is 148 Å². The molecule has 264 valence electrons. The van der Waals surface area contributed by atoms with Crippen LogP contribution in [0.3, 0.4) is 0 Å². The number of carbonyl (C=O) groups is 3. The number of nitrogens with one attached hydrogen (secondary N) is 1. The van der Waals surface area contributed by atoms with Gasteiger partial charge in [-0.3, -0.25) is 14.4 Å². The molecule has 0 fully saturated rings. The molecule has 2 N–H and O–H groups in total. The molecule has 1 unspecified atom stereocenters. The summed E-state index contributed by atoms with van der Waals surface area (Å²) in [5, 5.41) is 11.0. The highest BCUT2D eigenvalue weighted by Gasteiger charge is 2.10. The molecule has 0 rings (SSSR count). The molecular formula is C41H65NO5. The van der Waals surface area contributed by atoms with E-state index in [1.54, 1.807) is 0 Å². The molecule has 0 aromatic heterocycles. The normalized spacial score (nSPS) is 13.1. The van der Waals surface area contributed by atoms with Crippen molar-refractivity contribution in [2.24, 2.45) is 0 Å². The number of esters is 1. The number of hydrogen-bond donors (Lipinski definition) is 2. The number of carboxylic acids is 1. The summed E-state index contributed by atoms with van der Waals surface area (Å²) >= 11 is 0. The molecule has 0 saturated carbocycles. The van der Waals surface area contributed by atoms with E-state index < -0.39 is 5.97 Å². The first-order valence-corrected chi connectivity index (χ1v) is 18.2. The first-order chi connectivity index (χ1) is 23.0. The number of carbonyl (C=O) groups excluding carboxylic acids is 2. The summed E-state index contributed by atoms with van der Waals surface area (Å²) in [7, 11) is 0. The van der Waals surface area contributed by atoms with Crippen LogP contribution >= 0.6 is 0 Å². The van der Waals surface area contributed by atoms with Crippen LogP contribution in [0.15, 0.2) is 85.1 Å². The minimum Gasteiger partial charge on any atom is -0.480 e. The lowest BCUT2D eigenvalue weighted by molar-refractivity contribution is -0.146. The summed E-state index contributed by atoms with van der Waals surface area (Å²) in [6, 6.07) is 0. The van der Waals surface area contributed by atoms with E-state index in [-0.39, 0.29) is 30.9 Å². The molecule has 47 heavy (non-hydrogen) atoms. The summed E-state index contributed by atoms with van der Waals surface area (Å²) in [5.41, 5.74) is 0. The van der Waals surface area contributed by atoms with Crippen molar-refractivity contribution in [3.63, 3.8) is 0 Å². The average Bonchev–Trinajstić information content (AvgIpc) is 3.05. The number of allylic oxidation sites excluding steroid dienone is 12. The Hall–Kier alpha value is -3.41. The molecular weight excluding hydrogens is 586 g/mol. The van der Waals surface area contributed by atoms with E-state index in [0.717, 1.165) is 89.9 Å². The second-order valence-electron chi connectivity index (χ2n) is 11.8. The molecule has 0 aromatic rings. The van der Waals surface area contributed by atoms with E-state index in [9.17, 15) is 14.4 Å². The Morgan fingerprint density at radius 2 is 1.15 bits per heavy atom. The number of carboxylic acid groups (broad SMARTS) is 1. The number of ether oxygens (including phenoxy) is 1. The van der Waals surface area contributed by atoms with Gasteiger partial charge in [0.2, 0.25) is 5.91 Å². The summed E-state index contributed by atoms with van der Waals surface area (Å²) in [4.78, 5) is 34.7. The van der Waals surface area contributed by atoms with Crippen LogP contribution in [-0.2, 0) is 19.1 Å². The van der Waals surface area contributed by atoms with E-state index in [1.165, 1.54) is 25.7 Å². The molecule has 0 aromatic carbocycles. The van der Waals surface area contributed by atoms with Crippen LogP contribution in [0.4, 0.5) is 0 Å². The maximum absolute atomic E-state index is 12.6. The van der Waals surface area contributed by atoms with Crippen molar-refractivity contribution >= 4 is 17.8 Å². The van der Waals surface area contributed by atoms with Crippen molar-refractivity contribution < 1.29 is 24.2 Å². The molecule has 0 spiro atoms. The van der Waals surface area contributed by atoms with Crippen molar-refractivity contribution in [1.29, 1.82) is 0 Å². The van der Waals surface area contributed by atoms with Crippen LogP contribution in [0.1, 0.15) is 142 Å². The predicted molar refractivity (Wildman–Crippen MR) is 198 cm³/mol. The number of amides is 1. The third kappa shape index (κ3) is 35.3. The van der Waals surface area contributed by atoms with Gasteiger partial charge in [-0.1, -0.05) is 138 Å². The third-order valence-corrected chi connectivity index (χ3v) is 7.32. The maximum Gasteiger partial charge on any atom is 0.322 e. The number of aliphatic carboxylic acids is 1. The van der Waals surface area contributed by atoms with Crippen molar-refractivity contribution in [2.75, 3.05) is 6.54 Å². The van der Waals surface area contributed by atoms with E-state index >= 15 is 0 Å². The van der Waals surface area contributed by atoms with Gasteiger partial charge in [0.15, 0.2) is 0 Å². The lowest BCUT2D eigenvalue weighted by Gasteiger charge is -2.14. The molecule has 0 heterocycles. The van der Waals surface area contributed by atoms with Crippen LogP contribution in [0, 0.1) is 0 Å². The van der Waals surface area contributed by atoms with Gasteiger partial charge in [-0.2, -0.15) is 0 Å². The van der Waals surface area contributed by atoms with Gasteiger partial charge in [-0.25, -0.2) is 0 Å². The lowest BCUT2D eigenvalue weighted by atomic mass is 10.1. The topological polar surface area (TPSA) is 92.7 Å². The maximum atomic E-state index is 12.6. The molecule has 0 radical (unpaired) electrons. The highest BCUT2D eigenvalue weighted by atomic mass is 16.5. The Morgan fingerprint density at radius 3 is 1.77 bits per heavy atom. The highest BCUT2D eigenvalue weighted by Crippen LogP contribution is 2.14. The first kappa shape index (κ1) is 43.6. The molecule has 1 atom stereocenters. The zero-order chi connectivity index (χ0) is 34.5. The van der Waals surface area contributed by atoms with Crippen LogP contribution in [0.2, 0.25) is 0 Å². The molecule has 6 nitrogen and oxygen atoms in total. The predicted octanol–water partition coefficient (Wildman–Crippen LogP) is 10.8. The van der Waals surface area contributed by atoms with Gasteiger partial charge in [0, 0.05) is 6.42 Å². The molecule has 0 aliphatic carbocycles. The van der Waals surface area contributed by atoms with Gasteiger partial charge >= 0.3 is 11.9 Å². The Labute approximate surface area is 286 Å². The van der Waals surface area contributed by atoms with Crippen LogP contribution < -0.4 is 5.32 Å². The molecule has 0 aliphatic heterocycles. The van der Waals surface area contributed by atoms with Gasteiger partial charge in [-0.15, -0.1) is 0 Å². The summed E-state index contributed by atoms with van der Waals surface area (Å²) in [5.74, 6) is -1.44. The largest absolute Gasteiger partial charge is 0.480 e. The van der Waals surface area contributed by atoms with Gasteiger partial charge in [0.1, 0.15) is 12.6 Å². The molecule has 0 bridgehead atoms. The van der Waals surface area contributed by atoms with Crippen LogP contribution in [0.5, 0.6) is 0 Å². The van der Waals surface area contributed by atoms with Gasteiger partial charge < -0.3 is 15.2 Å². The minimum atomic E-state index is -1.03. The average molecular weight is 652 g/mol. The molecule has 6 heteroatoms.